The number of halogens is 3. The van der Waals surface area contributed by atoms with Gasteiger partial charge in [-0.05, 0) is 43.7 Å². The number of carbonyl (C=O) groups is 1. The Labute approximate surface area is 149 Å². The maximum absolute atomic E-state index is 13.7. The summed E-state index contributed by atoms with van der Waals surface area (Å²) in [7, 11) is -4.31. The van der Waals surface area contributed by atoms with Crippen molar-refractivity contribution in [2.45, 2.75) is 31.2 Å². The fraction of sp³-hybridized carbons (Fsp3) is 0.235. The lowest BCUT2D eigenvalue weighted by Crippen LogP contribution is -2.32. The molecular weight excluding hydrogens is 369 g/mol. The van der Waals surface area contributed by atoms with E-state index in [0.29, 0.717) is 12.5 Å². The van der Waals surface area contributed by atoms with Crippen molar-refractivity contribution in [3.05, 3.63) is 59.4 Å². The summed E-state index contributed by atoms with van der Waals surface area (Å²) in [5.41, 5.74) is -0.641. The van der Waals surface area contributed by atoms with E-state index in [4.69, 9.17) is 0 Å². The topological polar surface area (TPSA) is 75.3 Å². The van der Waals surface area contributed by atoms with Gasteiger partial charge in [0.1, 0.15) is 0 Å². The molecule has 0 bridgehead atoms. The Morgan fingerprint density at radius 2 is 1.81 bits per heavy atom. The van der Waals surface area contributed by atoms with Crippen LogP contribution in [0.1, 0.15) is 30.6 Å². The van der Waals surface area contributed by atoms with Crippen LogP contribution in [-0.4, -0.2) is 20.4 Å². The average Bonchev–Trinajstić information content (AvgIpc) is 2.62. The zero-order valence-corrected chi connectivity index (χ0v) is 14.8. The van der Waals surface area contributed by atoms with E-state index < -0.39 is 39.1 Å². The van der Waals surface area contributed by atoms with Gasteiger partial charge in [0.15, 0.2) is 17.5 Å². The van der Waals surface area contributed by atoms with Crippen LogP contribution in [0.2, 0.25) is 0 Å². The molecule has 0 heterocycles. The molecule has 2 rings (SSSR count). The predicted molar refractivity (Wildman–Crippen MR) is 90.8 cm³/mol. The van der Waals surface area contributed by atoms with Gasteiger partial charge in [0.05, 0.1) is 10.6 Å². The fourth-order valence-electron chi connectivity index (χ4n) is 2.02. The third kappa shape index (κ3) is 4.34. The normalized spacial score (nSPS) is 12.5. The van der Waals surface area contributed by atoms with Gasteiger partial charge in [-0.15, -0.1) is 0 Å². The van der Waals surface area contributed by atoms with Crippen LogP contribution in [0.5, 0.6) is 0 Å². The molecule has 9 heteroatoms. The molecule has 0 saturated carbocycles. The molecule has 0 fully saturated rings. The van der Waals surface area contributed by atoms with E-state index in [1.165, 1.54) is 18.2 Å². The van der Waals surface area contributed by atoms with Crippen molar-refractivity contribution in [3.8, 4) is 0 Å². The number of amides is 1. The molecule has 1 amide bonds. The molecular formula is C17H17F3N2O3S. The van der Waals surface area contributed by atoms with Crippen molar-refractivity contribution in [1.29, 1.82) is 0 Å². The smallest absolute Gasteiger partial charge is 0.262 e. The second kappa shape index (κ2) is 7.77. The Balaban J connectivity index is 2.31. The third-order valence-corrected chi connectivity index (χ3v) is 5.04. The molecule has 0 radical (unpaired) electrons. The van der Waals surface area contributed by atoms with Crippen molar-refractivity contribution in [2.75, 3.05) is 4.72 Å². The molecule has 0 aliphatic heterocycles. The first kappa shape index (κ1) is 19.8. The van der Waals surface area contributed by atoms with Crippen molar-refractivity contribution >= 4 is 21.6 Å². The van der Waals surface area contributed by atoms with Gasteiger partial charge in [-0.2, -0.15) is 0 Å². The summed E-state index contributed by atoms with van der Waals surface area (Å²) in [6.45, 7) is 3.68. The van der Waals surface area contributed by atoms with Gasteiger partial charge in [-0.3, -0.25) is 9.52 Å². The molecule has 2 aromatic rings. The molecule has 0 aromatic heterocycles. The van der Waals surface area contributed by atoms with Crippen molar-refractivity contribution in [3.63, 3.8) is 0 Å². The highest BCUT2D eigenvalue weighted by Gasteiger charge is 2.21. The van der Waals surface area contributed by atoms with Crippen LogP contribution in [0.25, 0.3) is 0 Å². The summed E-state index contributed by atoms with van der Waals surface area (Å²) in [4.78, 5) is 11.8. The van der Waals surface area contributed by atoms with Gasteiger partial charge in [0, 0.05) is 11.6 Å². The standard InChI is InChI=1S/C17H17F3N2O3S/c1-3-10(2)21-17(23)11-5-4-6-12(9-11)26(24,25)22-14-8-7-13(18)15(19)16(14)20/h4-10,22H,3H2,1-2H3,(H,21,23). The molecule has 0 spiro atoms. The monoisotopic (exact) mass is 386 g/mol. The minimum absolute atomic E-state index is 0.0962. The van der Waals surface area contributed by atoms with Gasteiger partial charge in [0.2, 0.25) is 0 Å². The number of sulfonamides is 1. The van der Waals surface area contributed by atoms with E-state index in [-0.39, 0.29) is 16.5 Å². The number of anilines is 1. The molecule has 1 unspecified atom stereocenters. The number of benzene rings is 2. The zero-order chi connectivity index (χ0) is 19.5. The minimum atomic E-state index is -4.31. The summed E-state index contributed by atoms with van der Waals surface area (Å²) in [5.74, 6) is -5.34. The van der Waals surface area contributed by atoms with E-state index >= 15 is 0 Å². The highest BCUT2D eigenvalue weighted by molar-refractivity contribution is 7.92. The first-order chi connectivity index (χ1) is 12.2. The number of hydrogen-bond donors (Lipinski definition) is 2. The number of carbonyl (C=O) groups excluding carboxylic acids is 1. The largest absolute Gasteiger partial charge is 0.350 e. The second-order valence-corrected chi connectivity index (χ2v) is 7.32. The third-order valence-electron chi connectivity index (χ3n) is 3.68. The van der Waals surface area contributed by atoms with Gasteiger partial charge in [-0.25, -0.2) is 21.6 Å². The fourth-order valence-corrected chi connectivity index (χ4v) is 3.13. The van der Waals surface area contributed by atoms with Crippen LogP contribution in [0.15, 0.2) is 41.3 Å². The Bertz CT molecular complexity index is 933. The molecule has 5 nitrogen and oxygen atoms in total. The lowest BCUT2D eigenvalue weighted by Gasteiger charge is -2.13. The average molecular weight is 386 g/mol. The first-order valence-electron chi connectivity index (χ1n) is 7.73. The molecule has 140 valence electrons. The van der Waals surface area contributed by atoms with Crippen LogP contribution in [0, 0.1) is 17.5 Å². The van der Waals surface area contributed by atoms with E-state index in [9.17, 15) is 26.4 Å². The van der Waals surface area contributed by atoms with Gasteiger partial charge in [-0.1, -0.05) is 13.0 Å². The number of hydrogen-bond acceptors (Lipinski definition) is 3. The van der Waals surface area contributed by atoms with E-state index in [1.54, 1.807) is 6.92 Å². The lowest BCUT2D eigenvalue weighted by molar-refractivity contribution is 0.0939. The number of rotatable bonds is 6. The Morgan fingerprint density at radius 1 is 1.12 bits per heavy atom. The minimum Gasteiger partial charge on any atom is -0.350 e. The molecule has 0 aliphatic carbocycles. The Kier molecular flexibility index (Phi) is 5.91. The lowest BCUT2D eigenvalue weighted by atomic mass is 10.2. The van der Waals surface area contributed by atoms with E-state index in [0.717, 1.165) is 12.1 Å². The summed E-state index contributed by atoms with van der Waals surface area (Å²) in [6, 6.07) is 6.35. The van der Waals surface area contributed by atoms with Gasteiger partial charge >= 0.3 is 0 Å². The van der Waals surface area contributed by atoms with E-state index in [2.05, 4.69) is 5.32 Å². The first-order valence-corrected chi connectivity index (χ1v) is 9.21. The van der Waals surface area contributed by atoms with Gasteiger partial charge in [0.25, 0.3) is 15.9 Å². The van der Waals surface area contributed by atoms with Crippen LogP contribution in [0.3, 0.4) is 0 Å². The molecule has 26 heavy (non-hydrogen) atoms. The Morgan fingerprint density at radius 3 is 2.46 bits per heavy atom. The maximum atomic E-state index is 13.7. The highest BCUT2D eigenvalue weighted by atomic mass is 32.2. The summed E-state index contributed by atoms with van der Waals surface area (Å²) < 4.78 is 66.5. The van der Waals surface area contributed by atoms with Crippen LogP contribution in [-0.2, 0) is 10.0 Å². The van der Waals surface area contributed by atoms with Crippen molar-refractivity contribution < 1.29 is 26.4 Å². The summed E-state index contributed by atoms with van der Waals surface area (Å²) in [6.07, 6.45) is 0.695. The molecule has 2 aromatic carbocycles. The summed E-state index contributed by atoms with van der Waals surface area (Å²) in [5, 5.41) is 2.69. The molecule has 0 aliphatic rings. The highest BCUT2D eigenvalue weighted by Crippen LogP contribution is 2.23. The molecule has 1 atom stereocenters. The Hall–Kier alpha value is -2.55. The van der Waals surface area contributed by atoms with E-state index in [1.807, 2.05) is 11.6 Å². The quantitative estimate of drug-likeness (QED) is 0.747. The zero-order valence-electron chi connectivity index (χ0n) is 14.0. The van der Waals surface area contributed by atoms with Crippen LogP contribution >= 0.6 is 0 Å². The SMILES string of the molecule is CCC(C)NC(=O)c1cccc(S(=O)(=O)Nc2ccc(F)c(F)c2F)c1. The predicted octanol–water partition coefficient (Wildman–Crippen LogP) is 3.43. The second-order valence-electron chi connectivity index (χ2n) is 5.64. The molecule has 0 saturated heterocycles. The summed E-state index contributed by atoms with van der Waals surface area (Å²) >= 11 is 0. The molecule has 2 N–H and O–H groups in total. The number of nitrogens with one attached hydrogen (secondary N) is 2. The van der Waals surface area contributed by atoms with Crippen molar-refractivity contribution in [1.82, 2.24) is 5.32 Å². The van der Waals surface area contributed by atoms with Crippen LogP contribution < -0.4 is 10.0 Å². The van der Waals surface area contributed by atoms with Crippen LogP contribution in [0.4, 0.5) is 18.9 Å². The van der Waals surface area contributed by atoms with Crippen molar-refractivity contribution in [2.24, 2.45) is 0 Å². The van der Waals surface area contributed by atoms with Gasteiger partial charge < -0.3 is 5.32 Å². The maximum Gasteiger partial charge on any atom is 0.262 e.